The van der Waals surface area contributed by atoms with Crippen molar-refractivity contribution in [3.05, 3.63) is 29.8 Å². The van der Waals surface area contributed by atoms with E-state index < -0.39 is 0 Å². The molecule has 3 N–H and O–H groups in total. The second-order valence-electron chi connectivity index (χ2n) is 3.46. The van der Waals surface area contributed by atoms with Crippen molar-refractivity contribution in [2.24, 2.45) is 4.99 Å². The summed E-state index contributed by atoms with van der Waals surface area (Å²) in [6.07, 6.45) is 0. The van der Waals surface area contributed by atoms with Crippen molar-refractivity contribution in [1.82, 2.24) is 5.32 Å². The van der Waals surface area contributed by atoms with Gasteiger partial charge in [0.05, 0.1) is 13.2 Å². The number of phenolic OH excluding ortho intramolecular Hbond substituents is 1. The van der Waals surface area contributed by atoms with Gasteiger partial charge in [0.15, 0.2) is 0 Å². The quantitative estimate of drug-likeness (QED) is 0.492. The van der Waals surface area contributed by atoms with Crippen molar-refractivity contribution in [2.75, 3.05) is 26.2 Å². The summed E-state index contributed by atoms with van der Waals surface area (Å²) in [5.41, 5.74) is 1.59. The molecule has 0 atom stereocenters. The van der Waals surface area contributed by atoms with Gasteiger partial charge in [-0.25, -0.2) is 0 Å². The second kappa shape index (κ2) is 6.98. The van der Waals surface area contributed by atoms with Crippen molar-refractivity contribution in [1.29, 1.82) is 0 Å². The van der Waals surface area contributed by atoms with Crippen LogP contribution in [0, 0.1) is 0 Å². The SMILES string of the molecule is CC(=NCCNCCO)c1ccccc1O. The number of aliphatic hydroxyl groups is 1. The zero-order valence-electron chi connectivity index (χ0n) is 9.48. The van der Waals surface area contributed by atoms with Crippen LogP contribution in [0.25, 0.3) is 0 Å². The van der Waals surface area contributed by atoms with Crippen LogP contribution < -0.4 is 5.32 Å². The fourth-order valence-corrected chi connectivity index (χ4v) is 1.37. The van der Waals surface area contributed by atoms with Crippen molar-refractivity contribution >= 4 is 5.71 Å². The molecule has 0 radical (unpaired) electrons. The van der Waals surface area contributed by atoms with E-state index in [9.17, 15) is 5.11 Å². The van der Waals surface area contributed by atoms with Crippen LogP contribution in [0.4, 0.5) is 0 Å². The van der Waals surface area contributed by atoms with Gasteiger partial charge in [-0.05, 0) is 19.1 Å². The maximum Gasteiger partial charge on any atom is 0.124 e. The Morgan fingerprint density at radius 1 is 1.31 bits per heavy atom. The van der Waals surface area contributed by atoms with E-state index in [0.717, 1.165) is 17.8 Å². The molecule has 16 heavy (non-hydrogen) atoms. The molecule has 0 aliphatic heterocycles. The summed E-state index contributed by atoms with van der Waals surface area (Å²) in [5.74, 6) is 0.257. The number of nitrogens with one attached hydrogen (secondary N) is 1. The number of benzene rings is 1. The summed E-state index contributed by atoms with van der Waals surface area (Å²) < 4.78 is 0. The number of aliphatic imine (C=N–C) groups is 1. The molecule has 0 saturated heterocycles. The van der Waals surface area contributed by atoms with Gasteiger partial charge in [0, 0.05) is 24.4 Å². The Bertz CT molecular complexity index is 351. The summed E-state index contributed by atoms with van der Waals surface area (Å²) in [6, 6.07) is 7.15. The minimum atomic E-state index is 0.141. The molecule has 4 heteroatoms. The third-order valence-corrected chi connectivity index (χ3v) is 2.22. The molecular formula is C12H18N2O2. The van der Waals surface area contributed by atoms with E-state index in [4.69, 9.17) is 5.11 Å². The molecule has 0 saturated carbocycles. The molecule has 0 spiro atoms. The number of para-hydroxylation sites is 1. The third kappa shape index (κ3) is 4.00. The standard InChI is InChI=1S/C12H18N2O2/c1-10(14-7-6-13-8-9-15)11-4-2-3-5-12(11)16/h2-5,13,15-16H,6-9H2,1H3. The van der Waals surface area contributed by atoms with Crippen molar-refractivity contribution < 1.29 is 10.2 Å². The second-order valence-corrected chi connectivity index (χ2v) is 3.46. The Labute approximate surface area is 95.7 Å². The van der Waals surface area contributed by atoms with Gasteiger partial charge in [0.2, 0.25) is 0 Å². The van der Waals surface area contributed by atoms with Gasteiger partial charge < -0.3 is 15.5 Å². The topological polar surface area (TPSA) is 64.9 Å². The summed E-state index contributed by atoms with van der Waals surface area (Å²) in [5, 5.41) is 21.2. The Morgan fingerprint density at radius 2 is 2.06 bits per heavy atom. The summed E-state index contributed by atoms with van der Waals surface area (Å²) in [4.78, 5) is 4.34. The molecule has 0 bridgehead atoms. The lowest BCUT2D eigenvalue weighted by molar-refractivity contribution is 0.293. The molecule has 1 rings (SSSR count). The van der Waals surface area contributed by atoms with Crippen LogP contribution in [0.3, 0.4) is 0 Å². The zero-order valence-corrected chi connectivity index (χ0v) is 9.48. The minimum absolute atomic E-state index is 0.141. The Hall–Kier alpha value is -1.39. The smallest absolute Gasteiger partial charge is 0.124 e. The zero-order chi connectivity index (χ0) is 11.8. The van der Waals surface area contributed by atoms with E-state index in [1.807, 2.05) is 19.1 Å². The van der Waals surface area contributed by atoms with Crippen LogP contribution in [0.1, 0.15) is 12.5 Å². The molecule has 0 fully saturated rings. The van der Waals surface area contributed by atoms with Crippen LogP contribution in [-0.2, 0) is 0 Å². The van der Waals surface area contributed by atoms with Gasteiger partial charge in [-0.3, -0.25) is 4.99 Å². The number of hydrogen-bond acceptors (Lipinski definition) is 4. The van der Waals surface area contributed by atoms with Crippen molar-refractivity contribution in [3.63, 3.8) is 0 Å². The lowest BCUT2D eigenvalue weighted by atomic mass is 10.1. The fraction of sp³-hybridized carbons (Fsp3) is 0.417. The minimum Gasteiger partial charge on any atom is -0.507 e. The number of hydrogen-bond donors (Lipinski definition) is 3. The maximum absolute atomic E-state index is 9.59. The Kier molecular flexibility index (Phi) is 5.53. The predicted molar refractivity (Wildman–Crippen MR) is 65.1 cm³/mol. The molecule has 1 aromatic rings. The molecule has 0 aliphatic carbocycles. The van der Waals surface area contributed by atoms with E-state index in [2.05, 4.69) is 10.3 Å². The highest BCUT2D eigenvalue weighted by molar-refractivity contribution is 6.00. The number of nitrogens with zero attached hydrogens (tertiary/aromatic N) is 1. The van der Waals surface area contributed by atoms with Gasteiger partial charge in [-0.15, -0.1) is 0 Å². The van der Waals surface area contributed by atoms with E-state index in [1.54, 1.807) is 12.1 Å². The highest BCUT2D eigenvalue weighted by Gasteiger charge is 2.01. The summed E-state index contributed by atoms with van der Waals surface area (Å²) >= 11 is 0. The van der Waals surface area contributed by atoms with Gasteiger partial charge >= 0.3 is 0 Å². The molecule has 4 nitrogen and oxygen atoms in total. The van der Waals surface area contributed by atoms with Gasteiger partial charge in [-0.2, -0.15) is 0 Å². The molecule has 0 heterocycles. The van der Waals surface area contributed by atoms with E-state index in [-0.39, 0.29) is 12.4 Å². The molecule has 0 amide bonds. The Balaban J connectivity index is 2.47. The molecule has 1 aromatic carbocycles. The van der Waals surface area contributed by atoms with Crippen molar-refractivity contribution in [2.45, 2.75) is 6.92 Å². The van der Waals surface area contributed by atoms with Crippen LogP contribution in [0.5, 0.6) is 5.75 Å². The third-order valence-electron chi connectivity index (χ3n) is 2.22. The average Bonchev–Trinajstić information content (AvgIpc) is 2.29. The van der Waals surface area contributed by atoms with Crippen LogP contribution >= 0.6 is 0 Å². The first-order valence-corrected chi connectivity index (χ1v) is 5.36. The number of aliphatic hydroxyl groups excluding tert-OH is 1. The molecule has 0 aliphatic rings. The first kappa shape index (κ1) is 12.7. The number of phenols is 1. The average molecular weight is 222 g/mol. The van der Waals surface area contributed by atoms with Gasteiger partial charge in [0.1, 0.15) is 5.75 Å². The highest BCUT2D eigenvalue weighted by atomic mass is 16.3. The van der Waals surface area contributed by atoms with Crippen LogP contribution in [0.15, 0.2) is 29.3 Å². The van der Waals surface area contributed by atoms with E-state index in [0.29, 0.717) is 13.1 Å². The van der Waals surface area contributed by atoms with Gasteiger partial charge in [0.25, 0.3) is 0 Å². The summed E-state index contributed by atoms with van der Waals surface area (Å²) in [7, 11) is 0. The maximum atomic E-state index is 9.59. The monoisotopic (exact) mass is 222 g/mol. The normalized spacial score (nSPS) is 11.8. The first-order chi connectivity index (χ1) is 7.75. The van der Waals surface area contributed by atoms with E-state index >= 15 is 0 Å². The predicted octanol–water partition coefficient (Wildman–Crippen LogP) is 0.783. The lowest BCUT2D eigenvalue weighted by Crippen LogP contribution is -2.21. The summed E-state index contributed by atoms with van der Waals surface area (Å²) in [6.45, 7) is 3.97. The van der Waals surface area contributed by atoms with Crippen LogP contribution in [0.2, 0.25) is 0 Å². The largest absolute Gasteiger partial charge is 0.507 e. The number of rotatable bonds is 6. The van der Waals surface area contributed by atoms with Gasteiger partial charge in [-0.1, -0.05) is 12.1 Å². The first-order valence-electron chi connectivity index (χ1n) is 5.36. The lowest BCUT2D eigenvalue weighted by Gasteiger charge is -2.04. The number of aromatic hydroxyl groups is 1. The molecular weight excluding hydrogens is 204 g/mol. The van der Waals surface area contributed by atoms with Crippen molar-refractivity contribution in [3.8, 4) is 5.75 Å². The molecule has 0 aromatic heterocycles. The molecule has 0 unspecified atom stereocenters. The highest BCUT2D eigenvalue weighted by Crippen LogP contribution is 2.16. The fourth-order valence-electron chi connectivity index (χ4n) is 1.37. The van der Waals surface area contributed by atoms with Crippen LogP contribution in [-0.4, -0.2) is 42.2 Å². The van der Waals surface area contributed by atoms with E-state index in [1.165, 1.54) is 0 Å². The molecule has 88 valence electrons. The Morgan fingerprint density at radius 3 is 2.75 bits per heavy atom.